The minimum Gasteiger partial charge on any atom is -0.492 e. The number of nitrogens with one attached hydrogen (secondary N) is 1. The smallest absolute Gasteiger partial charge is 0.137 e. The first-order valence-electron chi connectivity index (χ1n) is 7.00. The van der Waals surface area contributed by atoms with E-state index in [1.807, 2.05) is 6.20 Å². The molecule has 100 valence electrons. The van der Waals surface area contributed by atoms with Gasteiger partial charge in [-0.15, -0.1) is 0 Å². The number of rotatable bonds is 7. The highest BCUT2D eigenvalue weighted by atomic mass is 16.5. The molecule has 3 heteroatoms. The van der Waals surface area contributed by atoms with Crippen molar-refractivity contribution in [1.82, 2.24) is 10.3 Å². The Bertz CT molecular complexity index is 388. The molecule has 1 atom stereocenters. The van der Waals surface area contributed by atoms with Gasteiger partial charge in [0.15, 0.2) is 0 Å². The molecule has 18 heavy (non-hydrogen) atoms. The number of aromatic nitrogens is 1. The van der Waals surface area contributed by atoms with Crippen LogP contribution in [-0.2, 0) is 0 Å². The van der Waals surface area contributed by atoms with Crippen molar-refractivity contribution in [2.24, 2.45) is 5.41 Å². The Hall–Kier alpha value is -1.09. The van der Waals surface area contributed by atoms with Crippen LogP contribution < -0.4 is 10.1 Å². The molecule has 1 aliphatic carbocycles. The third kappa shape index (κ3) is 3.02. The van der Waals surface area contributed by atoms with Gasteiger partial charge in [-0.3, -0.25) is 4.98 Å². The summed E-state index contributed by atoms with van der Waals surface area (Å²) in [5.74, 6) is 0.890. The molecule has 0 radical (unpaired) electrons. The van der Waals surface area contributed by atoms with Gasteiger partial charge in [0.05, 0.1) is 12.8 Å². The molecule has 0 amide bonds. The molecule has 1 saturated carbocycles. The topological polar surface area (TPSA) is 34.1 Å². The monoisotopic (exact) mass is 248 g/mol. The molecule has 0 bridgehead atoms. The van der Waals surface area contributed by atoms with Gasteiger partial charge in [-0.05, 0) is 42.9 Å². The van der Waals surface area contributed by atoms with Crippen LogP contribution in [0.25, 0.3) is 0 Å². The molecule has 1 unspecified atom stereocenters. The molecule has 1 fully saturated rings. The molecule has 1 aromatic rings. The van der Waals surface area contributed by atoms with Gasteiger partial charge in [0.2, 0.25) is 0 Å². The molecule has 1 heterocycles. The quantitative estimate of drug-likeness (QED) is 0.803. The second-order valence-electron chi connectivity index (χ2n) is 5.45. The number of hydrogen-bond acceptors (Lipinski definition) is 3. The molecule has 0 saturated heterocycles. The van der Waals surface area contributed by atoms with Crippen LogP contribution in [-0.4, -0.2) is 18.1 Å². The summed E-state index contributed by atoms with van der Waals surface area (Å²) >= 11 is 0. The molecule has 1 aromatic heterocycles. The summed E-state index contributed by atoms with van der Waals surface area (Å²) in [5.41, 5.74) is 1.66. The largest absolute Gasteiger partial charge is 0.492 e. The van der Waals surface area contributed by atoms with E-state index in [-0.39, 0.29) is 0 Å². The Morgan fingerprint density at radius 2 is 2.17 bits per heavy atom. The first-order valence-corrected chi connectivity index (χ1v) is 7.00. The average molecular weight is 248 g/mol. The lowest BCUT2D eigenvalue weighted by molar-refractivity contribution is 0.313. The van der Waals surface area contributed by atoms with E-state index in [4.69, 9.17) is 4.74 Å². The Balaban J connectivity index is 2.14. The van der Waals surface area contributed by atoms with E-state index >= 15 is 0 Å². The van der Waals surface area contributed by atoms with E-state index in [1.165, 1.54) is 18.4 Å². The molecular weight excluding hydrogens is 224 g/mol. The van der Waals surface area contributed by atoms with Crippen LogP contribution in [0, 0.1) is 5.41 Å². The molecule has 0 aromatic carbocycles. The van der Waals surface area contributed by atoms with E-state index < -0.39 is 0 Å². The summed E-state index contributed by atoms with van der Waals surface area (Å²) in [5, 5.41) is 3.59. The predicted molar refractivity (Wildman–Crippen MR) is 73.8 cm³/mol. The molecule has 0 spiro atoms. The van der Waals surface area contributed by atoms with Crippen molar-refractivity contribution < 1.29 is 4.74 Å². The number of nitrogens with zero attached hydrogens (tertiary/aromatic N) is 1. The maximum Gasteiger partial charge on any atom is 0.137 e. The van der Waals surface area contributed by atoms with E-state index in [0.717, 1.165) is 25.3 Å². The zero-order valence-electron chi connectivity index (χ0n) is 11.7. The molecule has 2 rings (SSSR count). The summed E-state index contributed by atoms with van der Waals surface area (Å²) in [4.78, 5) is 4.32. The zero-order valence-corrected chi connectivity index (χ0v) is 11.7. The van der Waals surface area contributed by atoms with Crippen LogP contribution in [0.4, 0.5) is 0 Å². The lowest BCUT2D eigenvalue weighted by Gasteiger charge is -2.25. The minimum absolute atomic E-state index is 0.403. The third-order valence-electron chi connectivity index (χ3n) is 3.68. The Labute approximate surface area is 110 Å². The van der Waals surface area contributed by atoms with Crippen LogP contribution in [0.5, 0.6) is 5.75 Å². The fraction of sp³-hybridized carbons (Fsp3) is 0.667. The van der Waals surface area contributed by atoms with Crippen molar-refractivity contribution in [2.75, 3.05) is 13.2 Å². The lowest BCUT2D eigenvalue weighted by Crippen LogP contribution is -2.28. The zero-order chi connectivity index (χ0) is 13.0. The fourth-order valence-corrected chi connectivity index (χ4v) is 2.35. The van der Waals surface area contributed by atoms with Crippen molar-refractivity contribution in [3.05, 3.63) is 24.0 Å². The van der Waals surface area contributed by atoms with Crippen LogP contribution in [0.3, 0.4) is 0 Å². The van der Waals surface area contributed by atoms with E-state index in [1.54, 1.807) is 6.20 Å². The molecular formula is C15H24N2O. The van der Waals surface area contributed by atoms with Gasteiger partial charge in [-0.25, -0.2) is 0 Å². The Morgan fingerprint density at radius 3 is 2.78 bits per heavy atom. The van der Waals surface area contributed by atoms with Crippen molar-refractivity contribution in [3.8, 4) is 5.75 Å². The summed E-state index contributed by atoms with van der Waals surface area (Å²) < 4.78 is 5.67. The summed E-state index contributed by atoms with van der Waals surface area (Å²) in [6.45, 7) is 8.36. The second-order valence-corrected chi connectivity index (χ2v) is 5.45. The van der Waals surface area contributed by atoms with Crippen LogP contribution in [0.15, 0.2) is 18.5 Å². The van der Waals surface area contributed by atoms with Crippen LogP contribution in [0.2, 0.25) is 0 Å². The highest BCUT2D eigenvalue weighted by Gasteiger charge is 2.45. The standard InChI is InChI=1S/C15H24N2O/c1-4-8-18-13-9-12(10-16-11-13)14(17-5-2)15(3)6-7-15/h9-11,14,17H,4-8H2,1-3H3. The van der Waals surface area contributed by atoms with Crippen molar-refractivity contribution >= 4 is 0 Å². The van der Waals surface area contributed by atoms with Gasteiger partial charge in [-0.1, -0.05) is 20.8 Å². The van der Waals surface area contributed by atoms with Gasteiger partial charge in [0.1, 0.15) is 5.75 Å². The van der Waals surface area contributed by atoms with E-state index in [9.17, 15) is 0 Å². The number of hydrogen-bond donors (Lipinski definition) is 1. The fourth-order valence-electron chi connectivity index (χ4n) is 2.35. The van der Waals surface area contributed by atoms with Gasteiger partial charge >= 0.3 is 0 Å². The first-order chi connectivity index (χ1) is 8.69. The van der Waals surface area contributed by atoms with Crippen molar-refractivity contribution in [1.29, 1.82) is 0 Å². The molecule has 1 N–H and O–H groups in total. The number of ether oxygens (including phenoxy) is 1. The van der Waals surface area contributed by atoms with E-state index in [0.29, 0.717) is 11.5 Å². The maximum absolute atomic E-state index is 5.67. The first kappa shape index (κ1) is 13.3. The minimum atomic E-state index is 0.403. The highest BCUT2D eigenvalue weighted by Crippen LogP contribution is 2.54. The number of pyridine rings is 1. The maximum atomic E-state index is 5.67. The Morgan fingerprint density at radius 1 is 1.39 bits per heavy atom. The summed E-state index contributed by atoms with van der Waals surface area (Å²) in [6, 6.07) is 2.54. The third-order valence-corrected chi connectivity index (χ3v) is 3.68. The summed E-state index contributed by atoms with van der Waals surface area (Å²) in [7, 11) is 0. The molecule has 0 aliphatic heterocycles. The lowest BCUT2D eigenvalue weighted by atomic mass is 9.92. The molecule has 3 nitrogen and oxygen atoms in total. The highest BCUT2D eigenvalue weighted by molar-refractivity contribution is 5.28. The molecule has 1 aliphatic rings. The van der Waals surface area contributed by atoms with Gasteiger partial charge in [-0.2, -0.15) is 0 Å². The predicted octanol–water partition coefficient (Wildman–Crippen LogP) is 3.32. The Kier molecular flexibility index (Phi) is 4.23. The van der Waals surface area contributed by atoms with Crippen molar-refractivity contribution in [2.45, 2.75) is 46.1 Å². The second kappa shape index (κ2) is 5.70. The van der Waals surface area contributed by atoms with Crippen LogP contribution >= 0.6 is 0 Å². The van der Waals surface area contributed by atoms with Gasteiger partial charge < -0.3 is 10.1 Å². The SMILES string of the molecule is CCCOc1cncc(C(NCC)C2(C)CC2)c1. The van der Waals surface area contributed by atoms with Gasteiger partial charge in [0.25, 0.3) is 0 Å². The van der Waals surface area contributed by atoms with E-state index in [2.05, 4.69) is 37.1 Å². The van der Waals surface area contributed by atoms with Crippen LogP contribution in [0.1, 0.15) is 51.6 Å². The average Bonchev–Trinajstić information content (AvgIpc) is 3.13. The van der Waals surface area contributed by atoms with Crippen molar-refractivity contribution in [3.63, 3.8) is 0 Å². The summed E-state index contributed by atoms with van der Waals surface area (Å²) in [6.07, 6.45) is 7.39. The normalized spacial score (nSPS) is 18.4. The van der Waals surface area contributed by atoms with Gasteiger partial charge in [0, 0.05) is 12.2 Å².